The Morgan fingerprint density at radius 1 is 1.00 bits per heavy atom. The lowest BCUT2D eigenvalue weighted by Crippen LogP contribution is -2.27. The van der Waals surface area contributed by atoms with E-state index in [0.29, 0.717) is 22.9 Å². The van der Waals surface area contributed by atoms with Crippen molar-refractivity contribution in [1.29, 1.82) is 0 Å². The van der Waals surface area contributed by atoms with E-state index in [0.717, 1.165) is 17.1 Å². The van der Waals surface area contributed by atoms with Gasteiger partial charge in [-0.1, -0.05) is 18.2 Å². The summed E-state index contributed by atoms with van der Waals surface area (Å²) in [6.07, 6.45) is 0. The smallest absolute Gasteiger partial charge is 0.260 e. The lowest BCUT2D eigenvalue weighted by atomic mass is 10.1. The van der Waals surface area contributed by atoms with Crippen LogP contribution in [0, 0.1) is 13.8 Å². The number of nitrogens with one attached hydrogen (secondary N) is 1. The van der Waals surface area contributed by atoms with Gasteiger partial charge in [0.05, 0.1) is 18.4 Å². The molecule has 6 nitrogen and oxygen atoms in total. The second kappa shape index (κ2) is 7.86. The fraction of sp³-hybridized carbons (Fsp3) is 0.190. The maximum absolute atomic E-state index is 13.1. The van der Waals surface area contributed by atoms with E-state index in [1.807, 2.05) is 62.4 Å². The van der Waals surface area contributed by atoms with E-state index in [4.69, 9.17) is 4.74 Å². The van der Waals surface area contributed by atoms with E-state index >= 15 is 0 Å². The van der Waals surface area contributed by atoms with Crippen molar-refractivity contribution in [2.75, 3.05) is 24.4 Å². The van der Waals surface area contributed by atoms with Gasteiger partial charge >= 0.3 is 0 Å². The van der Waals surface area contributed by atoms with E-state index in [1.54, 1.807) is 25.1 Å². The summed E-state index contributed by atoms with van der Waals surface area (Å²) in [6.45, 7) is 3.82. The predicted molar refractivity (Wildman–Crippen MR) is 107 cm³/mol. The lowest BCUT2D eigenvalue weighted by molar-refractivity contribution is 0.0994. The van der Waals surface area contributed by atoms with E-state index in [1.165, 1.54) is 0 Å². The average molecular weight is 362 g/mol. The van der Waals surface area contributed by atoms with Crippen molar-refractivity contribution < 1.29 is 9.53 Å². The number of benzene rings is 2. The maximum atomic E-state index is 13.1. The van der Waals surface area contributed by atoms with Crippen molar-refractivity contribution in [3.05, 3.63) is 71.5 Å². The molecule has 0 bridgehead atoms. The summed E-state index contributed by atoms with van der Waals surface area (Å²) in [5.74, 6) is 1.02. The lowest BCUT2D eigenvalue weighted by Gasteiger charge is -2.20. The van der Waals surface area contributed by atoms with Gasteiger partial charge in [0, 0.05) is 30.2 Å². The van der Waals surface area contributed by atoms with Gasteiger partial charge in [-0.15, -0.1) is 0 Å². The second-order valence-electron chi connectivity index (χ2n) is 6.21. The zero-order valence-electron chi connectivity index (χ0n) is 15.9. The number of aryl methyl sites for hydroxylation is 2. The standard InChI is InChI=1S/C21H22N4O2/c1-14-12-15(2)23-21(22-14)24-19-11-6-5-10-18(19)20(26)25(3)16-8-7-9-17(13-16)27-4/h5-13H,1-4H3,(H,22,23,24). The van der Waals surface area contributed by atoms with E-state index in [9.17, 15) is 4.79 Å². The SMILES string of the molecule is COc1cccc(N(C)C(=O)c2ccccc2Nc2nc(C)cc(C)n2)c1. The van der Waals surface area contributed by atoms with Crippen LogP contribution in [0.2, 0.25) is 0 Å². The molecule has 27 heavy (non-hydrogen) atoms. The Bertz CT molecular complexity index is 952. The van der Waals surface area contributed by atoms with Crippen LogP contribution in [0.1, 0.15) is 21.7 Å². The molecule has 0 radical (unpaired) electrons. The number of nitrogens with zero attached hydrogens (tertiary/aromatic N) is 3. The molecule has 2 aromatic carbocycles. The number of anilines is 3. The first-order chi connectivity index (χ1) is 13.0. The van der Waals surface area contributed by atoms with Gasteiger partial charge in [-0.05, 0) is 44.2 Å². The van der Waals surface area contributed by atoms with Gasteiger partial charge in [0.1, 0.15) is 5.75 Å². The molecule has 0 atom stereocenters. The summed E-state index contributed by atoms with van der Waals surface area (Å²) < 4.78 is 5.25. The highest BCUT2D eigenvalue weighted by Gasteiger charge is 2.18. The van der Waals surface area contributed by atoms with Crippen molar-refractivity contribution in [2.45, 2.75) is 13.8 Å². The third-order valence-electron chi connectivity index (χ3n) is 4.13. The summed E-state index contributed by atoms with van der Waals surface area (Å²) in [4.78, 5) is 23.5. The number of carbonyl (C=O) groups is 1. The molecule has 3 rings (SSSR count). The highest BCUT2D eigenvalue weighted by molar-refractivity contribution is 6.09. The Hall–Kier alpha value is -3.41. The molecule has 0 spiro atoms. The maximum Gasteiger partial charge on any atom is 0.260 e. The molecule has 0 aliphatic heterocycles. The van der Waals surface area contributed by atoms with Crippen LogP contribution in [-0.4, -0.2) is 30.0 Å². The van der Waals surface area contributed by atoms with Gasteiger partial charge in [0.15, 0.2) is 0 Å². The van der Waals surface area contributed by atoms with Gasteiger partial charge in [-0.3, -0.25) is 4.79 Å². The third-order valence-corrected chi connectivity index (χ3v) is 4.13. The molecule has 0 saturated carbocycles. The summed E-state index contributed by atoms with van der Waals surface area (Å²) in [7, 11) is 3.34. The van der Waals surface area contributed by atoms with E-state index < -0.39 is 0 Å². The fourth-order valence-corrected chi connectivity index (χ4v) is 2.80. The minimum atomic E-state index is -0.143. The first-order valence-corrected chi connectivity index (χ1v) is 8.58. The molecule has 1 aromatic heterocycles. The highest BCUT2D eigenvalue weighted by Crippen LogP contribution is 2.25. The van der Waals surface area contributed by atoms with Crippen molar-refractivity contribution in [3.63, 3.8) is 0 Å². The van der Waals surface area contributed by atoms with Crippen LogP contribution in [0.4, 0.5) is 17.3 Å². The number of hydrogen-bond acceptors (Lipinski definition) is 5. The summed E-state index contributed by atoms with van der Waals surface area (Å²) in [5.41, 5.74) is 3.66. The van der Waals surface area contributed by atoms with Gasteiger partial charge in [0.2, 0.25) is 5.95 Å². The van der Waals surface area contributed by atoms with Gasteiger partial charge in [-0.25, -0.2) is 9.97 Å². The molecular weight excluding hydrogens is 340 g/mol. The number of aromatic nitrogens is 2. The van der Waals surface area contributed by atoms with Crippen LogP contribution in [0.5, 0.6) is 5.75 Å². The van der Waals surface area contributed by atoms with Gasteiger partial charge < -0.3 is 15.0 Å². The van der Waals surface area contributed by atoms with Crippen LogP contribution in [0.15, 0.2) is 54.6 Å². The Kier molecular flexibility index (Phi) is 5.35. The molecule has 0 aliphatic carbocycles. The average Bonchev–Trinajstić information content (AvgIpc) is 2.66. The zero-order chi connectivity index (χ0) is 19.4. The summed E-state index contributed by atoms with van der Waals surface area (Å²) in [6, 6.07) is 16.6. The Morgan fingerprint density at radius 2 is 1.70 bits per heavy atom. The number of hydrogen-bond donors (Lipinski definition) is 1. The van der Waals surface area contributed by atoms with Gasteiger partial charge in [0.25, 0.3) is 5.91 Å². The number of para-hydroxylation sites is 1. The largest absolute Gasteiger partial charge is 0.497 e. The number of rotatable bonds is 5. The summed E-state index contributed by atoms with van der Waals surface area (Å²) in [5, 5.41) is 3.17. The third kappa shape index (κ3) is 4.23. The van der Waals surface area contributed by atoms with Crippen LogP contribution in [0.3, 0.4) is 0 Å². The van der Waals surface area contributed by atoms with Crippen LogP contribution >= 0.6 is 0 Å². The normalized spacial score (nSPS) is 10.4. The van der Waals surface area contributed by atoms with Gasteiger partial charge in [-0.2, -0.15) is 0 Å². The predicted octanol–water partition coefficient (Wildman–Crippen LogP) is 4.12. The molecule has 0 fully saturated rings. The molecule has 1 N–H and O–H groups in total. The molecule has 1 amide bonds. The van der Waals surface area contributed by atoms with Crippen molar-refractivity contribution in [3.8, 4) is 5.75 Å². The minimum Gasteiger partial charge on any atom is -0.497 e. The van der Waals surface area contributed by atoms with E-state index in [-0.39, 0.29) is 5.91 Å². The number of ether oxygens (including phenoxy) is 1. The quantitative estimate of drug-likeness (QED) is 0.739. The minimum absolute atomic E-state index is 0.143. The Balaban J connectivity index is 1.91. The second-order valence-corrected chi connectivity index (χ2v) is 6.21. The first kappa shape index (κ1) is 18.4. The number of amides is 1. The monoisotopic (exact) mass is 362 g/mol. The molecule has 6 heteroatoms. The molecule has 3 aromatic rings. The van der Waals surface area contributed by atoms with Crippen molar-refractivity contribution in [2.24, 2.45) is 0 Å². The molecule has 0 aliphatic rings. The zero-order valence-corrected chi connectivity index (χ0v) is 15.9. The van der Waals surface area contributed by atoms with Crippen LogP contribution < -0.4 is 15.0 Å². The Labute approximate surface area is 158 Å². The topological polar surface area (TPSA) is 67.3 Å². The highest BCUT2D eigenvalue weighted by atomic mass is 16.5. The van der Waals surface area contributed by atoms with Crippen molar-refractivity contribution in [1.82, 2.24) is 9.97 Å². The molecule has 1 heterocycles. The molecule has 0 saturated heterocycles. The first-order valence-electron chi connectivity index (χ1n) is 8.58. The molecular formula is C21H22N4O2. The Morgan fingerprint density at radius 3 is 2.41 bits per heavy atom. The molecule has 138 valence electrons. The van der Waals surface area contributed by atoms with Crippen LogP contribution in [0.25, 0.3) is 0 Å². The van der Waals surface area contributed by atoms with Crippen LogP contribution in [-0.2, 0) is 0 Å². The molecule has 0 unspecified atom stereocenters. The number of methoxy groups -OCH3 is 1. The van der Waals surface area contributed by atoms with E-state index in [2.05, 4.69) is 15.3 Å². The number of carbonyl (C=O) groups excluding carboxylic acids is 1. The van der Waals surface area contributed by atoms with Crippen molar-refractivity contribution >= 4 is 23.2 Å². The summed E-state index contributed by atoms with van der Waals surface area (Å²) >= 11 is 0. The fourth-order valence-electron chi connectivity index (χ4n) is 2.80.